The number of nitrogens with one attached hydrogen (secondary N) is 1. The molecule has 1 unspecified atom stereocenters. The van der Waals surface area contributed by atoms with Crippen LogP contribution in [0.15, 0.2) is 0 Å². The average molecular weight is 168 g/mol. The predicted octanol–water partition coefficient (Wildman–Crippen LogP) is 0.940. The summed E-state index contributed by atoms with van der Waals surface area (Å²) in [5.74, 6) is 6.01. The van der Waals surface area contributed by atoms with Crippen molar-refractivity contribution in [1.82, 2.24) is 10.2 Å². The van der Waals surface area contributed by atoms with Crippen LogP contribution in [0.3, 0.4) is 0 Å². The maximum atomic E-state index is 3.26. The molecule has 2 nitrogen and oxygen atoms in total. The van der Waals surface area contributed by atoms with E-state index < -0.39 is 0 Å². The Morgan fingerprint density at radius 2 is 2.08 bits per heavy atom. The van der Waals surface area contributed by atoms with E-state index in [-0.39, 0.29) is 0 Å². The monoisotopic (exact) mass is 168 g/mol. The normalized spacial score (nSPS) is 12.4. The number of nitrogens with zero attached hydrogens (tertiary/aromatic N) is 1. The van der Waals surface area contributed by atoms with Gasteiger partial charge in [0.05, 0.1) is 0 Å². The first kappa shape index (κ1) is 11.5. The highest BCUT2D eigenvalue weighted by Gasteiger charge is 2.03. The third kappa shape index (κ3) is 6.21. The summed E-state index contributed by atoms with van der Waals surface area (Å²) in [6.07, 6.45) is 2.12. The van der Waals surface area contributed by atoms with Gasteiger partial charge in [0.15, 0.2) is 0 Å². The first-order chi connectivity index (χ1) is 5.70. The largest absolute Gasteiger partial charge is 0.316 e. The number of rotatable bonds is 5. The molecule has 0 radical (unpaired) electrons. The molecule has 1 N–H and O–H groups in total. The van der Waals surface area contributed by atoms with Crippen LogP contribution in [0.4, 0.5) is 0 Å². The fraction of sp³-hybridized carbons (Fsp3) is 0.800. The highest BCUT2D eigenvalue weighted by molar-refractivity contribution is 4.97. The summed E-state index contributed by atoms with van der Waals surface area (Å²) in [4.78, 5) is 2.20. The summed E-state index contributed by atoms with van der Waals surface area (Å²) < 4.78 is 0. The topological polar surface area (TPSA) is 15.3 Å². The second-order valence-corrected chi connectivity index (χ2v) is 3.21. The standard InChI is InChI=1S/C10H20N2/c1-5-6-7-10(11-2)8-9-12(3)4/h10-11H,7-9H2,1-4H3. The lowest BCUT2D eigenvalue weighted by Crippen LogP contribution is -2.29. The molecule has 0 aromatic rings. The molecule has 0 aliphatic carbocycles. The van der Waals surface area contributed by atoms with E-state index in [0.717, 1.165) is 19.4 Å². The van der Waals surface area contributed by atoms with Gasteiger partial charge in [-0.3, -0.25) is 0 Å². The lowest BCUT2D eigenvalue weighted by atomic mass is 10.1. The van der Waals surface area contributed by atoms with Crippen LogP contribution in [0, 0.1) is 11.8 Å². The van der Waals surface area contributed by atoms with Gasteiger partial charge >= 0.3 is 0 Å². The van der Waals surface area contributed by atoms with Gasteiger partial charge in [0.1, 0.15) is 0 Å². The zero-order valence-corrected chi connectivity index (χ0v) is 8.65. The van der Waals surface area contributed by atoms with Crippen LogP contribution in [-0.2, 0) is 0 Å². The molecule has 0 fully saturated rings. The average Bonchev–Trinajstić information content (AvgIpc) is 2.05. The molecule has 0 bridgehead atoms. The molecule has 70 valence electrons. The van der Waals surface area contributed by atoms with Crippen LogP contribution < -0.4 is 5.32 Å². The molecule has 2 heteroatoms. The van der Waals surface area contributed by atoms with Crippen LogP contribution in [0.2, 0.25) is 0 Å². The molecule has 12 heavy (non-hydrogen) atoms. The Morgan fingerprint density at radius 1 is 1.42 bits per heavy atom. The van der Waals surface area contributed by atoms with E-state index in [4.69, 9.17) is 0 Å². The quantitative estimate of drug-likeness (QED) is 0.615. The summed E-state index contributed by atoms with van der Waals surface area (Å²) in [5, 5.41) is 3.26. The van der Waals surface area contributed by atoms with Gasteiger partial charge < -0.3 is 10.2 Å². The SMILES string of the molecule is CC#CCC(CCN(C)C)NC. The number of hydrogen-bond donors (Lipinski definition) is 1. The molecule has 0 aliphatic heterocycles. The van der Waals surface area contributed by atoms with E-state index in [1.807, 2.05) is 14.0 Å². The lowest BCUT2D eigenvalue weighted by Gasteiger charge is -2.16. The second-order valence-electron chi connectivity index (χ2n) is 3.21. The first-order valence-electron chi connectivity index (χ1n) is 4.42. The molecule has 0 heterocycles. The summed E-state index contributed by atoms with van der Waals surface area (Å²) in [7, 11) is 6.19. The zero-order chi connectivity index (χ0) is 9.40. The van der Waals surface area contributed by atoms with Gasteiger partial charge in [-0.2, -0.15) is 0 Å². The second kappa shape index (κ2) is 7.15. The smallest absolute Gasteiger partial charge is 0.0243 e. The Morgan fingerprint density at radius 3 is 2.50 bits per heavy atom. The Kier molecular flexibility index (Phi) is 6.84. The van der Waals surface area contributed by atoms with Crippen molar-refractivity contribution in [3.05, 3.63) is 0 Å². The fourth-order valence-electron chi connectivity index (χ4n) is 0.988. The summed E-state index contributed by atoms with van der Waals surface area (Å²) in [6.45, 7) is 3.01. The first-order valence-corrected chi connectivity index (χ1v) is 4.42. The highest BCUT2D eigenvalue weighted by Crippen LogP contribution is 1.96. The molecule has 0 spiro atoms. The Hall–Kier alpha value is -0.520. The minimum absolute atomic E-state index is 0.542. The van der Waals surface area contributed by atoms with Crippen LogP contribution in [0.25, 0.3) is 0 Å². The van der Waals surface area contributed by atoms with Gasteiger partial charge in [-0.15, -0.1) is 11.8 Å². The Balaban J connectivity index is 3.57. The Bertz CT molecular complexity index is 153. The van der Waals surface area contributed by atoms with Crippen LogP contribution in [0.5, 0.6) is 0 Å². The molecule has 0 amide bonds. The molecule has 1 atom stereocenters. The lowest BCUT2D eigenvalue weighted by molar-refractivity contribution is 0.367. The van der Waals surface area contributed by atoms with Gasteiger partial charge in [-0.25, -0.2) is 0 Å². The van der Waals surface area contributed by atoms with Gasteiger partial charge in [0, 0.05) is 12.5 Å². The van der Waals surface area contributed by atoms with E-state index in [1.165, 1.54) is 0 Å². The molecule has 0 aromatic carbocycles. The van der Waals surface area contributed by atoms with Crippen molar-refractivity contribution in [3.8, 4) is 11.8 Å². The van der Waals surface area contributed by atoms with Gasteiger partial charge in [-0.05, 0) is 41.0 Å². The van der Waals surface area contributed by atoms with Gasteiger partial charge in [0.25, 0.3) is 0 Å². The predicted molar refractivity (Wildman–Crippen MR) is 54.1 cm³/mol. The molecule has 0 aliphatic rings. The van der Waals surface area contributed by atoms with Gasteiger partial charge in [0.2, 0.25) is 0 Å². The van der Waals surface area contributed by atoms with Crippen LogP contribution in [0.1, 0.15) is 19.8 Å². The maximum absolute atomic E-state index is 3.26. The van der Waals surface area contributed by atoms with E-state index in [0.29, 0.717) is 6.04 Å². The third-order valence-electron chi connectivity index (χ3n) is 1.86. The van der Waals surface area contributed by atoms with Gasteiger partial charge in [-0.1, -0.05) is 0 Å². The molecule has 0 rings (SSSR count). The van der Waals surface area contributed by atoms with E-state index in [9.17, 15) is 0 Å². The van der Waals surface area contributed by atoms with Crippen molar-refractivity contribution in [3.63, 3.8) is 0 Å². The van der Waals surface area contributed by atoms with Crippen molar-refractivity contribution in [1.29, 1.82) is 0 Å². The molecule has 0 aromatic heterocycles. The minimum Gasteiger partial charge on any atom is -0.316 e. The maximum Gasteiger partial charge on any atom is 0.0243 e. The van der Waals surface area contributed by atoms with E-state index in [1.54, 1.807) is 0 Å². The molecular formula is C10H20N2. The van der Waals surface area contributed by atoms with Crippen molar-refractivity contribution in [2.75, 3.05) is 27.7 Å². The zero-order valence-electron chi connectivity index (χ0n) is 8.65. The molecule has 0 saturated heterocycles. The summed E-state index contributed by atoms with van der Waals surface area (Å²) >= 11 is 0. The van der Waals surface area contributed by atoms with E-state index in [2.05, 4.69) is 36.2 Å². The van der Waals surface area contributed by atoms with Crippen molar-refractivity contribution < 1.29 is 0 Å². The molecular weight excluding hydrogens is 148 g/mol. The summed E-state index contributed by atoms with van der Waals surface area (Å²) in [5.41, 5.74) is 0. The van der Waals surface area contributed by atoms with Crippen LogP contribution >= 0.6 is 0 Å². The van der Waals surface area contributed by atoms with Crippen molar-refractivity contribution in [2.24, 2.45) is 0 Å². The van der Waals surface area contributed by atoms with Crippen LogP contribution in [-0.4, -0.2) is 38.6 Å². The number of hydrogen-bond acceptors (Lipinski definition) is 2. The van der Waals surface area contributed by atoms with Crippen molar-refractivity contribution in [2.45, 2.75) is 25.8 Å². The third-order valence-corrected chi connectivity index (χ3v) is 1.86. The molecule has 0 saturated carbocycles. The Labute approximate surface area is 76.3 Å². The summed E-state index contributed by atoms with van der Waals surface area (Å²) in [6, 6.07) is 0.542. The van der Waals surface area contributed by atoms with Crippen molar-refractivity contribution >= 4 is 0 Å². The fourth-order valence-corrected chi connectivity index (χ4v) is 0.988. The minimum atomic E-state index is 0.542. The highest BCUT2D eigenvalue weighted by atomic mass is 15.1. The van der Waals surface area contributed by atoms with E-state index >= 15 is 0 Å².